The molecule has 0 fully saturated rings. The molecule has 2 aromatic carbocycles. The summed E-state index contributed by atoms with van der Waals surface area (Å²) in [5.41, 5.74) is 9.07. The van der Waals surface area contributed by atoms with Gasteiger partial charge in [-0.3, -0.25) is 4.79 Å². The van der Waals surface area contributed by atoms with Crippen molar-refractivity contribution in [2.75, 3.05) is 17.7 Å². The molecule has 0 radical (unpaired) electrons. The Morgan fingerprint density at radius 3 is 2.57 bits per heavy atom. The zero-order valence-corrected chi connectivity index (χ0v) is 14.1. The van der Waals surface area contributed by atoms with E-state index in [1.165, 1.54) is 0 Å². The minimum absolute atomic E-state index is 0.0403. The molecule has 2 rings (SSSR count). The number of hydrogen-bond donors (Lipinski definition) is 2. The standard InChI is InChI=1S/C19H24N2O2/c1-13-9-10-14(20)11-16(13)21-18(22)12-23-17-8-6-5-7-15(17)19(2,3)4/h5-11H,12,20H2,1-4H3,(H,21,22). The number of nitrogen functional groups attached to an aromatic ring is 1. The van der Waals surface area contributed by atoms with Crippen LogP contribution < -0.4 is 15.8 Å². The Morgan fingerprint density at radius 2 is 1.87 bits per heavy atom. The molecule has 0 aromatic heterocycles. The molecular formula is C19H24N2O2. The molecule has 0 heterocycles. The largest absolute Gasteiger partial charge is 0.483 e. The first-order valence-electron chi connectivity index (χ1n) is 7.65. The average Bonchev–Trinajstić information content (AvgIpc) is 2.48. The second-order valence-corrected chi connectivity index (χ2v) is 6.66. The van der Waals surface area contributed by atoms with Crippen LogP contribution in [0.15, 0.2) is 42.5 Å². The van der Waals surface area contributed by atoms with E-state index in [-0.39, 0.29) is 17.9 Å². The van der Waals surface area contributed by atoms with E-state index in [9.17, 15) is 4.79 Å². The number of nitrogens with two attached hydrogens (primary N) is 1. The third-order valence-corrected chi connectivity index (χ3v) is 3.59. The third kappa shape index (κ3) is 4.49. The van der Waals surface area contributed by atoms with Gasteiger partial charge in [-0.05, 0) is 41.7 Å². The van der Waals surface area contributed by atoms with Gasteiger partial charge in [0.05, 0.1) is 0 Å². The second-order valence-electron chi connectivity index (χ2n) is 6.66. The van der Waals surface area contributed by atoms with Crippen molar-refractivity contribution in [1.82, 2.24) is 0 Å². The van der Waals surface area contributed by atoms with Crippen molar-refractivity contribution in [2.24, 2.45) is 0 Å². The van der Waals surface area contributed by atoms with Crippen molar-refractivity contribution in [3.63, 3.8) is 0 Å². The Kier molecular flexibility index (Phi) is 4.94. The summed E-state index contributed by atoms with van der Waals surface area (Å²) in [7, 11) is 0. The molecule has 1 amide bonds. The Hall–Kier alpha value is -2.49. The summed E-state index contributed by atoms with van der Waals surface area (Å²) in [6, 6.07) is 13.2. The molecule has 0 aliphatic carbocycles. The third-order valence-electron chi connectivity index (χ3n) is 3.59. The topological polar surface area (TPSA) is 64.3 Å². The first-order valence-corrected chi connectivity index (χ1v) is 7.65. The molecule has 0 saturated carbocycles. The molecule has 0 bridgehead atoms. The van der Waals surface area contributed by atoms with E-state index >= 15 is 0 Å². The molecule has 4 nitrogen and oxygen atoms in total. The van der Waals surface area contributed by atoms with Gasteiger partial charge in [0, 0.05) is 11.4 Å². The number of anilines is 2. The number of amides is 1. The minimum Gasteiger partial charge on any atom is -0.483 e. The average molecular weight is 312 g/mol. The number of ether oxygens (including phenoxy) is 1. The monoisotopic (exact) mass is 312 g/mol. The van der Waals surface area contributed by atoms with Crippen molar-refractivity contribution in [3.8, 4) is 5.75 Å². The number of hydrogen-bond acceptors (Lipinski definition) is 3. The number of carbonyl (C=O) groups is 1. The van der Waals surface area contributed by atoms with Gasteiger partial charge in [-0.15, -0.1) is 0 Å². The van der Waals surface area contributed by atoms with Crippen LogP contribution in [0.3, 0.4) is 0 Å². The number of nitrogens with one attached hydrogen (secondary N) is 1. The lowest BCUT2D eigenvalue weighted by atomic mass is 9.86. The second kappa shape index (κ2) is 6.73. The van der Waals surface area contributed by atoms with Crippen LogP contribution in [-0.2, 0) is 10.2 Å². The summed E-state index contributed by atoms with van der Waals surface area (Å²) in [4.78, 5) is 12.1. The highest BCUT2D eigenvalue weighted by Gasteiger charge is 2.19. The molecule has 4 heteroatoms. The maximum Gasteiger partial charge on any atom is 0.262 e. The van der Waals surface area contributed by atoms with Crippen LogP contribution in [0.2, 0.25) is 0 Å². The maximum absolute atomic E-state index is 12.1. The highest BCUT2D eigenvalue weighted by molar-refractivity contribution is 5.93. The van der Waals surface area contributed by atoms with Gasteiger partial charge in [-0.25, -0.2) is 0 Å². The van der Waals surface area contributed by atoms with E-state index in [1.54, 1.807) is 12.1 Å². The van der Waals surface area contributed by atoms with Gasteiger partial charge in [0.15, 0.2) is 6.61 Å². The fourth-order valence-electron chi connectivity index (χ4n) is 2.32. The van der Waals surface area contributed by atoms with Crippen molar-refractivity contribution >= 4 is 17.3 Å². The number of aryl methyl sites for hydroxylation is 1. The lowest BCUT2D eigenvalue weighted by molar-refractivity contribution is -0.118. The van der Waals surface area contributed by atoms with E-state index in [2.05, 4.69) is 26.1 Å². The van der Waals surface area contributed by atoms with Gasteiger partial charge in [0.2, 0.25) is 0 Å². The van der Waals surface area contributed by atoms with Crippen LogP contribution >= 0.6 is 0 Å². The predicted molar refractivity (Wildman–Crippen MR) is 94.9 cm³/mol. The van der Waals surface area contributed by atoms with Crippen molar-refractivity contribution in [1.29, 1.82) is 0 Å². The van der Waals surface area contributed by atoms with Gasteiger partial charge in [-0.1, -0.05) is 45.0 Å². The first-order chi connectivity index (χ1) is 10.8. The van der Waals surface area contributed by atoms with Gasteiger partial charge < -0.3 is 15.8 Å². The smallest absolute Gasteiger partial charge is 0.262 e. The van der Waals surface area contributed by atoms with Crippen LogP contribution in [-0.4, -0.2) is 12.5 Å². The molecule has 122 valence electrons. The maximum atomic E-state index is 12.1. The molecule has 0 spiro atoms. The summed E-state index contributed by atoms with van der Waals surface area (Å²) >= 11 is 0. The molecular weight excluding hydrogens is 288 g/mol. The number of carbonyl (C=O) groups excluding carboxylic acids is 1. The first kappa shape index (κ1) is 16.9. The van der Waals surface area contributed by atoms with E-state index < -0.39 is 0 Å². The van der Waals surface area contributed by atoms with Crippen LogP contribution in [0.4, 0.5) is 11.4 Å². The fraction of sp³-hybridized carbons (Fsp3) is 0.316. The van der Waals surface area contributed by atoms with Crippen molar-refractivity contribution < 1.29 is 9.53 Å². The fourth-order valence-corrected chi connectivity index (χ4v) is 2.32. The van der Waals surface area contributed by atoms with E-state index in [0.717, 1.165) is 16.9 Å². The van der Waals surface area contributed by atoms with Crippen molar-refractivity contribution in [2.45, 2.75) is 33.1 Å². The lowest BCUT2D eigenvalue weighted by Crippen LogP contribution is -2.22. The molecule has 0 aliphatic heterocycles. The Morgan fingerprint density at radius 1 is 1.17 bits per heavy atom. The van der Waals surface area contributed by atoms with Crippen LogP contribution in [0.25, 0.3) is 0 Å². The summed E-state index contributed by atoms with van der Waals surface area (Å²) in [6.45, 7) is 8.23. The molecule has 3 N–H and O–H groups in total. The Bertz CT molecular complexity index is 703. The zero-order valence-electron chi connectivity index (χ0n) is 14.1. The van der Waals surface area contributed by atoms with Crippen molar-refractivity contribution in [3.05, 3.63) is 53.6 Å². The Balaban J connectivity index is 2.04. The summed E-state index contributed by atoms with van der Waals surface area (Å²) in [5.74, 6) is 0.529. The lowest BCUT2D eigenvalue weighted by Gasteiger charge is -2.22. The highest BCUT2D eigenvalue weighted by atomic mass is 16.5. The minimum atomic E-state index is -0.206. The van der Waals surface area contributed by atoms with E-state index in [4.69, 9.17) is 10.5 Å². The summed E-state index contributed by atoms with van der Waals surface area (Å²) < 4.78 is 5.72. The highest BCUT2D eigenvalue weighted by Crippen LogP contribution is 2.30. The van der Waals surface area contributed by atoms with Gasteiger partial charge in [0.25, 0.3) is 5.91 Å². The predicted octanol–water partition coefficient (Wildman–Crippen LogP) is 3.89. The SMILES string of the molecule is Cc1ccc(N)cc1NC(=O)COc1ccccc1C(C)(C)C. The Labute approximate surface area is 137 Å². The number of benzene rings is 2. The van der Waals surface area contributed by atoms with Crippen LogP contribution in [0.1, 0.15) is 31.9 Å². The van der Waals surface area contributed by atoms with Gasteiger partial charge in [0.1, 0.15) is 5.75 Å². The number of para-hydroxylation sites is 1. The van der Waals surface area contributed by atoms with Gasteiger partial charge >= 0.3 is 0 Å². The van der Waals surface area contributed by atoms with E-state index in [1.807, 2.05) is 37.3 Å². The molecule has 2 aromatic rings. The normalized spacial score (nSPS) is 11.1. The molecule has 0 atom stereocenters. The molecule has 23 heavy (non-hydrogen) atoms. The summed E-state index contributed by atoms with van der Waals surface area (Å²) in [6.07, 6.45) is 0. The van der Waals surface area contributed by atoms with Crippen LogP contribution in [0, 0.1) is 6.92 Å². The number of rotatable bonds is 4. The van der Waals surface area contributed by atoms with E-state index in [0.29, 0.717) is 11.4 Å². The summed E-state index contributed by atoms with van der Waals surface area (Å²) in [5, 5.41) is 2.84. The quantitative estimate of drug-likeness (QED) is 0.842. The van der Waals surface area contributed by atoms with Gasteiger partial charge in [-0.2, -0.15) is 0 Å². The zero-order chi connectivity index (χ0) is 17.0. The molecule has 0 unspecified atom stereocenters. The molecule has 0 saturated heterocycles. The molecule has 0 aliphatic rings. The van der Waals surface area contributed by atoms with Crippen LogP contribution in [0.5, 0.6) is 5.75 Å².